The van der Waals surface area contributed by atoms with Gasteiger partial charge in [-0.1, -0.05) is 6.08 Å². The molecule has 16 heavy (non-hydrogen) atoms. The van der Waals surface area contributed by atoms with Crippen LogP contribution in [0.5, 0.6) is 0 Å². The van der Waals surface area contributed by atoms with E-state index in [0.29, 0.717) is 23.8 Å². The third-order valence-electron chi connectivity index (χ3n) is 1.71. The van der Waals surface area contributed by atoms with Crippen molar-refractivity contribution in [2.75, 3.05) is 6.61 Å². The predicted molar refractivity (Wildman–Crippen MR) is 73.2 cm³/mol. The molecule has 3 nitrogen and oxygen atoms in total. The van der Waals surface area contributed by atoms with Gasteiger partial charge < -0.3 is 4.74 Å². The van der Waals surface area contributed by atoms with Crippen molar-refractivity contribution >= 4 is 34.5 Å². The van der Waals surface area contributed by atoms with Crippen molar-refractivity contribution < 1.29 is 9.53 Å². The highest BCUT2D eigenvalue weighted by Gasteiger charge is 2.19. The maximum absolute atomic E-state index is 11.8. The molecule has 0 aliphatic carbocycles. The molecule has 0 rings (SSSR count). The van der Waals surface area contributed by atoms with E-state index >= 15 is 0 Å². The highest BCUT2D eigenvalue weighted by atomic mass is 32.2. The topological polar surface area (TPSA) is 29.5 Å². The predicted octanol–water partition coefficient (Wildman–Crippen LogP) is 3.16. The first kappa shape index (κ1) is 15.4. The van der Waals surface area contributed by atoms with Crippen LogP contribution in [0.4, 0.5) is 0 Å². The van der Waals surface area contributed by atoms with Gasteiger partial charge in [-0.25, -0.2) is 0 Å². The van der Waals surface area contributed by atoms with Gasteiger partial charge in [-0.05, 0) is 39.4 Å². The van der Waals surface area contributed by atoms with Crippen LogP contribution in [0.2, 0.25) is 0 Å². The van der Waals surface area contributed by atoms with Crippen molar-refractivity contribution in [3.8, 4) is 0 Å². The molecule has 5 heteroatoms. The number of ether oxygens (including phenoxy) is 1. The van der Waals surface area contributed by atoms with E-state index in [1.807, 2.05) is 20.8 Å². The highest BCUT2D eigenvalue weighted by Crippen LogP contribution is 2.19. The molecule has 0 aromatic carbocycles. The van der Waals surface area contributed by atoms with Crippen molar-refractivity contribution in [1.29, 1.82) is 0 Å². The fourth-order valence-electron chi connectivity index (χ4n) is 1.00. The van der Waals surface area contributed by atoms with Gasteiger partial charge in [0.15, 0.2) is 0 Å². The quantitative estimate of drug-likeness (QED) is 0.432. The largest absolute Gasteiger partial charge is 0.478 e. The van der Waals surface area contributed by atoms with Crippen LogP contribution < -0.4 is 0 Å². The number of nitrogens with zero attached hydrogens (tertiary/aromatic N) is 1. The molecule has 0 atom stereocenters. The lowest BCUT2D eigenvalue weighted by Gasteiger charge is -2.24. The number of amides is 1. The molecule has 0 unspecified atom stereocenters. The summed E-state index contributed by atoms with van der Waals surface area (Å²) in [5.74, 6) is 0.0574. The van der Waals surface area contributed by atoms with Crippen LogP contribution in [0.3, 0.4) is 0 Å². The smallest absolute Gasteiger partial charge is 0.241 e. The first-order valence-electron chi connectivity index (χ1n) is 5.30. The van der Waals surface area contributed by atoms with E-state index in [9.17, 15) is 4.79 Å². The van der Waals surface area contributed by atoms with E-state index in [1.165, 1.54) is 11.9 Å². The minimum atomic E-state index is 0.0574. The molecule has 0 spiro atoms. The van der Waals surface area contributed by atoms with Crippen molar-refractivity contribution in [1.82, 2.24) is 4.31 Å². The standard InChI is InChI=1S/C11H19NO2S2/c1-5-7-8-10(13)12(9(3)4)16-11(15)14-6-2/h5,9H,1,6-8H2,2-4H3. The average molecular weight is 261 g/mol. The molecule has 0 saturated heterocycles. The van der Waals surface area contributed by atoms with Crippen LogP contribution in [0.25, 0.3) is 0 Å². The van der Waals surface area contributed by atoms with E-state index in [4.69, 9.17) is 17.0 Å². The molecule has 0 radical (unpaired) electrons. The molecule has 0 heterocycles. The summed E-state index contributed by atoms with van der Waals surface area (Å²) in [4.78, 5) is 11.8. The lowest BCUT2D eigenvalue weighted by molar-refractivity contribution is -0.127. The molecular weight excluding hydrogens is 242 g/mol. The number of carbonyl (C=O) groups excluding carboxylic acids is 1. The number of carbonyl (C=O) groups is 1. The lowest BCUT2D eigenvalue weighted by atomic mass is 10.3. The Labute approximate surface area is 107 Å². The second-order valence-electron chi connectivity index (χ2n) is 3.41. The summed E-state index contributed by atoms with van der Waals surface area (Å²) < 4.78 is 7.20. The molecule has 0 aromatic rings. The van der Waals surface area contributed by atoms with E-state index < -0.39 is 0 Å². The normalized spacial score (nSPS) is 10.0. The molecule has 0 aliphatic heterocycles. The Bertz CT molecular complexity index is 254. The van der Waals surface area contributed by atoms with Crippen molar-refractivity contribution in [2.24, 2.45) is 0 Å². The summed E-state index contributed by atoms with van der Waals surface area (Å²) in [5, 5.41) is 0. The van der Waals surface area contributed by atoms with Crippen molar-refractivity contribution in [2.45, 2.75) is 39.7 Å². The molecule has 92 valence electrons. The SMILES string of the molecule is C=CCCC(=O)N(SC(=S)OCC)C(C)C. The highest BCUT2D eigenvalue weighted by molar-refractivity contribution is 8.21. The Kier molecular flexibility index (Phi) is 8.29. The van der Waals surface area contributed by atoms with Gasteiger partial charge in [-0.3, -0.25) is 9.10 Å². The van der Waals surface area contributed by atoms with Crippen LogP contribution in [0.1, 0.15) is 33.6 Å². The maximum atomic E-state index is 11.8. The number of rotatable bonds is 5. The van der Waals surface area contributed by atoms with Gasteiger partial charge in [-0.15, -0.1) is 6.58 Å². The summed E-state index contributed by atoms with van der Waals surface area (Å²) in [7, 11) is 0. The van der Waals surface area contributed by atoms with E-state index in [0.717, 1.165) is 0 Å². The fourth-order valence-corrected chi connectivity index (χ4v) is 2.10. The zero-order chi connectivity index (χ0) is 12.6. The van der Waals surface area contributed by atoms with Gasteiger partial charge >= 0.3 is 0 Å². The molecule has 0 bridgehead atoms. The molecule has 0 fully saturated rings. The van der Waals surface area contributed by atoms with Gasteiger partial charge in [0.2, 0.25) is 10.3 Å². The summed E-state index contributed by atoms with van der Waals surface area (Å²) >= 11 is 6.20. The monoisotopic (exact) mass is 261 g/mol. The third-order valence-corrected chi connectivity index (χ3v) is 3.14. The first-order valence-corrected chi connectivity index (χ1v) is 6.48. The Morgan fingerprint density at radius 3 is 2.69 bits per heavy atom. The Balaban J connectivity index is 4.31. The maximum Gasteiger partial charge on any atom is 0.241 e. The number of hydrogen-bond acceptors (Lipinski definition) is 4. The van der Waals surface area contributed by atoms with E-state index in [1.54, 1.807) is 10.4 Å². The van der Waals surface area contributed by atoms with Gasteiger partial charge in [0.25, 0.3) is 0 Å². The van der Waals surface area contributed by atoms with Crippen LogP contribution in [-0.2, 0) is 9.53 Å². The Morgan fingerprint density at radius 1 is 1.62 bits per heavy atom. The van der Waals surface area contributed by atoms with Crippen molar-refractivity contribution in [3.05, 3.63) is 12.7 Å². The minimum Gasteiger partial charge on any atom is -0.478 e. The lowest BCUT2D eigenvalue weighted by Crippen LogP contribution is -2.32. The van der Waals surface area contributed by atoms with E-state index in [2.05, 4.69) is 6.58 Å². The van der Waals surface area contributed by atoms with Gasteiger partial charge in [0.05, 0.1) is 6.61 Å². The molecule has 0 saturated carbocycles. The first-order chi connectivity index (χ1) is 7.52. The number of allylic oxidation sites excluding steroid dienone is 1. The third kappa shape index (κ3) is 6.12. The number of thiocarbonyl (C=S) groups is 1. The van der Waals surface area contributed by atoms with Crippen LogP contribution in [0, 0.1) is 0 Å². The molecule has 0 aliphatic rings. The fraction of sp³-hybridized carbons (Fsp3) is 0.636. The summed E-state index contributed by atoms with van der Waals surface area (Å²) in [5.41, 5.74) is 0. The molecule has 0 N–H and O–H groups in total. The second kappa shape index (κ2) is 8.58. The minimum absolute atomic E-state index is 0.0574. The van der Waals surface area contributed by atoms with E-state index in [-0.39, 0.29) is 11.9 Å². The van der Waals surface area contributed by atoms with Crippen LogP contribution in [0.15, 0.2) is 12.7 Å². The van der Waals surface area contributed by atoms with Gasteiger partial charge in [-0.2, -0.15) is 0 Å². The van der Waals surface area contributed by atoms with Gasteiger partial charge in [0.1, 0.15) is 0 Å². The van der Waals surface area contributed by atoms with Gasteiger partial charge in [0, 0.05) is 24.4 Å². The van der Waals surface area contributed by atoms with Crippen LogP contribution in [-0.4, -0.2) is 27.2 Å². The molecule has 1 amide bonds. The summed E-state index contributed by atoms with van der Waals surface area (Å²) in [6.45, 7) is 9.90. The summed E-state index contributed by atoms with van der Waals surface area (Å²) in [6.07, 6.45) is 2.88. The zero-order valence-electron chi connectivity index (χ0n) is 10.1. The number of hydrogen-bond donors (Lipinski definition) is 0. The second-order valence-corrected chi connectivity index (χ2v) is 4.99. The molecule has 0 aromatic heterocycles. The molecular formula is C11H19NO2S2. The van der Waals surface area contributed by atoms with Crippen molar-refractivity contribution in [3.63, 3.8) is 0 Å². The summed E-state index contributed by atoms with van der Waals surface area (Å²) in [6, 6.07) is 0.0979. The average Bonchev–Trinajstić information content (AvgIpc) is 2.22. The zero-order valence-corrected chi connectivity index (χ0v) is 11.7. The van der Waals surface area contributed by atoms with Crippen LogP contribution >= 0.6 is 24.2 Å². The Morgan fingerprint density at radius 2 is 2.25 bits per heavy atom. The Hall–Kier alpha value is -0.550.